The van der Waals surface area contributed by atoms with Crippen LogP contribution in [-0.2, 0) is 28.7 Å². The van der Waals surface area contributed by atoms with Crippen LogP contribution in [0, 0.1) is 45.3 Å². The van der Waals surface area contributed by atoms with Gasteiger partial charge in [-0.25, -0.2) is 4.79 Å². The van der Waals surface area contributed by atoms with E-state index in [1.807, 2.05) is 6.92 Å². The highest BCUT2D eigenvalue weighted by molar-refractivity contribution is 8.14. The van der Waals surface area contributed by atoms with Gasteiger partial charge in [0.05, 0.1) is 34.7 Å². The Hall–Kier alpha value is -4.93. The van der Waals surface area contributed by atoms with Crippen molar-refractivity contribution >= 4 is 57.6 Å². The van der Waals surface area contributed by atoms with E-state index < -0.39 is 79.6 Å². The molecule has 12 rings (SSSR count). The highest BCUT2D eigenvalue weighted by Crippen LogP contribution is 2.74. The molecular formula is C48H54N2O13S. The number of carbonyl (C=O) groups is 6. The van der Waals surface area contributed by atoms with E-state index >= 15 is 0 Å². The molecule has 2 aromatic carbocycles. The Morgan fingerprint density at radius 2 is 1.52 bits per heavy atom. The molecule has 0 aromatic heterocycles. The molecule has 0 radical (unpaired) electrons. The number of thioether (sulfide) groups is 1. The first-order valence-corrected chi connectivity index (χ1v) is 23.2. The third-order valence-corrected chi connectivity index (χ3v) is 19.0. The van der Waals surface area contributed by atoms with Crippen LogP contribution in [0.2, 0.25) is 0 Å². The van der Waals surface area contributed by atoms with Gasteiger partial charge in [-0.05, 0) is 112 Å². The van der Waals surface area contributed by atoms with Gasteiger partial charge in [-0.1, -0.05) is 31.7 Å². The van der Waals surface area contributed by atoms with Crippen molar-refractivity contribution in [1.29, 1.82) is 0 Å². The molecule has 15 nitrogen and oxygen atoms in total. The van der Waals surface area contributed by atoms with Gasteiger partial charge in [0.15, 0.2) is 11.5 Å². The average molecular weight is 899 g/mol. The van der Waals surface area contributed by atoms with Crippen molar-refractivity contribution in [2.24, 2.45) is 45.3 Å². The van der Waals surface area contributed by atoms with Crippen LogP contribution in [0.5, 0.6) is 23.0 Å². The largest absolute Gasteiger partial charge is 0.507 e. The minimum atomic E-state index is -1.50. The molecule has 10 aliphatic rings. The zero-order chi connectivity index (χ0) is 45.7. The number of amides is 2. The van der Waals surface area contributed by atoms with E-state index in [1.54, 1.807) is 13.0 Å². The van der Waals surface area contributed by atoms with Crippen LogP contribution in [0.15, 0.2) is 36.4 Å². The molecule has 8 bridgehead atoms. The lowest BCUT2D eigenvalue weighted by molar-refractivity contribution is -0.190. The van der Waals surface area contributed by atoms with Gasteiger partial charge >= 0.3 is 5.97 Å². The lowest BCUT2D eigenvalue weighted by atomic mass is 9.48. The maximum absolute atomic E-state index is 14.5. The summed E-state index contributed by atoms with van der Waals surface area (Å²) in [5.74, 6) is -5.42. The Kier molecular flexibility index (Phi) is 9.43. The highest BCUT2D eigenvalue weighted by Gasteiger charge is 2.74. The minimum Gasteiger partial charge on any atom is -0.507 e. The van der Waals surface area contributed by atoms with E-state index in [9.17, 15) is 54.3 Å². The molecule has 340 valence electrons. The van der Waals surface area contributed by atoms with E-state index in [0.717, 1.165) is 56.4 Å². The summed E-state index contributed by atoms with van der Waals surface area (Å²) in [4.78, 5) is 82.1. The van der Waals surface area contributed by atoms with Gasteiger partial charge in [0.25, 0.3) is 0 Å². The topological polar surface area (TPSA) is 246 Å². The molecule has 5 saturated carbocycles. The number of rotatable bonds is 11. The van der Waals surface area contributed by atoms with Gasteiger partial charge in [0.1, 0.15) is 34.3 Å². The predicted octanol–water partition coefficient (Wildman–Crippen LogP) is 6.86. The van der Waals surface area contributed by atoms with E-state index in [1.165, 1.54) is 0 Å². The monoisotopic (exact) mass is 898 g/mol. The molecule has 2 aromatic rings. The van der Waals surface area contributed by atoms with Crippen LogP contribution in [0.1, 0.15) is 119 Å². The van der Waals surface area contributed by atoms with Crippen molar-refractivity contribution in [1.82, 2.24) is 0 Å². The van der Waals surface area contributed by atoms with E-state index in [4.69, 9.17) is 9.47 Å². The van der Waals surface area contributed by atoms with Gasteiger partial charge in [-0.3, -0.25) is 24.0 Å². The number of carboxylic acids is 1. The second kappa shape index (κ2) is 14.0. The van der Waals surface area contributed by atoms with Crippen LogP contribution in [-0.4, -0.2) is 88.7 Å². The molecule has 16 heteroatoms. The molecule has 2 amide bonds. The fourth-order valence-electron chi connectivity index (χ4n) is 15.0. The smallest absolute Gasteiger partial charge is 0.339 e. The molecular weight excluding hydrogens is 845 g/mol. The number of anilines is 2. The second-order valence-corrected chi connectivity index (χ2v) is 22.4. The SMILES string of the molecule is C[C@@]12C[C@]34CCC(=O)[C@](C)(C(CC(=O)Nc5c(O)ccc(C(=O)O)c5O)SC(=O)c5cc(NC(=O)CC[C@@]6(C)C(=O)C=C[C@@]78C[C@@H]9C[C@@H](O[C@]9(C)C7)[C@@H]86)c(O)cc5O)[C@H]3[C@@H](CC1C4)O2. The van der Waals surface area contributed by atoms with Gasteiger partial charge in [0, 0.05) is 53.2 Å². The minimum absolute atomic E-state index is 0.0589. The molecule has 13 atom stereocenters. The number of aromatic hydroxyl groups is 4. The van der Waals surface area contributed by atoms with E-state index in [-0.39, 0.29) is 88.2 Å². The van der Waals surface area contributed by atoms with Crippen molar-refractivity contribution in [3.8, 4) is 23.0 Å². The number of ether oxygens (including phenoxy) is 2. The predicted molar refractivity (Wildman–Crippen MR) is 231 cm³/mol. The number of benzene rings is 2. The molecule has 6 aliphatic carbocycles. The Balaban J connectivity index is 0.914. The Labute approximate surface area is 373 Å². The van der Waals surface area contributed by atoms with E-state index in [2.05, 4.69) is 30.6 Å². The second-order valence-electron chi connectivity index (χ2n) is 21.2. The molecule has 2 spiro atoms. The number of carbonyl (C=O) groups excluding carboxylic acids is 5. The molecule has 4 heterocycles. The fraction of sp³-hybridized carbons (Fsp3) is 0.583. The summed E-state index contributed by atoms with van der Waals surface area (Å²) >= 11 is 0.649. The summed E-state index contributed by atoms with van der Waals surface area (Å²) < 4.78 is 13.2. The number of aromatic carboxylic acids is 1. The summed E-state index contributed by atoms with van der Waals surface area (Å²) in [5.41, 5.74) is -4.81. The van der Waals surface area contributed by atoms with Crippen LogP contribution in [0.3, 0.4) is 0 Å². The average Bonchev–Trinajstić information content (AvgIpc) is 3.78. The maximum Gasteiger partial charge on any atom is 0.339 e. The summed E-state index contributed by atoms with van der Waals surface area (Å²) in [6, 6.07) is 4.07. The number of hydrogen-bond donors (Lipinski definition) is 7. The van der Waals surface area contributed by atoms with Gasteiger partial charge in [0.2, 0.25) is 16.9 Å². The number of ketones is 2. The van der Waals surface area contributed by atoms with Gasteiger partial charge < -0.3 is 45.6 Å². The normalized spacial score (nSPS) is 39.8. The van der Waals surface area contributed by atoms with Crippen LogP contribution in [0.25, 0.3) is 0 Å². The van der Waals surface area contributed by atoms with Crippen LogP contribution >= 0.6 is 11.8 Å². The lowest BCUT2D eigenvalue weighted by Crippen LogP contribution is -2.62. The van der Waals surface area contributed by atoms with E-state index in [0.29, 0.717) is 36.4 Å². The third-order valence-electron chi connectivity index (χ3n) is 17.6. The number of hydrogen-bond acceptors (Lipinski definition) is 13. The van der Waals surface area contributed by atoms with Crippen molar-refractivity contribution in [2.75, 3.05) is 10.6 Å². The number of phenols is 4. The van der Waals surface area contributed by atoms with Crippen LogP contribution in [0.4, 0.5) is 11.4 Å². The molecule has 9 fully saturated rings. The molecule has 2 unspecified atom stereocenters. The number of nitrogens with one attached hydrogen (secondary N) is 2. The number of allylic oxidation sites excluding steroid dienone is 2. The van der Waals surface area contributed by atoms with Crippen molar-refractivity contribution < 1.29 is 63.8 Å². The van der Waals surface area contributed by atoms with Crippen molar-refractivity contribution in [2.45, 2.75) is 127 Å². The van der Waals surface area contributed by atoms with Crippen molar-refractivity contribution in [3.05, 3.63) is 47.5 Å². The summed E-state index contributed by atoms with van der Waals surface area (Å²) in [6.45, 7) is 7.92. The Morgan fingerprint density at radius 1 is 0.828 bits per heavy atom. The standard InChI is InChI=1S/C48H54N2O13S/c1-43(32(54)7-11-47-18-22-13-30(39(43)47)62-44(22,2)20-47)10-9-35(56)49-26-15-25(28(52)16-29(26)53)42(61)64-34(17-36(57)50-37-27(51)6-5-24(38(37)58)41(59)60)46(4)33(55)8-12-48-19-23-14-31(40(46)48)63-45(23,3)21-48/h5-7,11,15-16,22-23,30-31,34,39-40,51-53,58H,8-10,12-14,17-21H2,1-4H3,(H,49,56)(H,50,57)(H,59,60)/t22-,23?,30+,31+,34?,39+,40+,43-,44+,45+,46+,47+,48+/m0/s1. The summed E-state index contributed by atoms with van der Waals surface area (Å²) in [6.07, 6.45) is 8.71. The zero-order valence-corrected chi connectivity index (χ0v) is 37.0. The first-order chi connectivity index (χ1) is 30.0. The fourth-order valence-corrected chi connectivity index (χ4v) is 16.3. The summed E-state index contributed by atoms with van der Waals surface area (Å²) in [5, 5.41) is 56.1. The number of Topliss-reactive ketones (excluding diaryl/α,β-unsaturated/α-hetero) is 1. The van der Waals surface area contributed by atoms with Gasteiger partial charge in [-0.2, -0.15) is 0 Å². The lowest BCUT2D eigenvalue weighted by Gasteiger charge is -2.59. The Bertz CT molecular complexity index is 2510. The van der Waals surface area contributed by atoms with Crippen molar-refractivity contribution in [3.63, 3.8) is 0 Å². The third kappa shape index (κ3) is 6.06. The first-order valence-electron chi connectivity index (χ1n) is 22.3. The number of carboxylic acid groups (broad SMARTS) is 1. The number of phenolic OH excluding ortho intramolecular Hbond substituents is 3. The quantitative estimate of drug-likeness (QED) is 0.0900. The molecule has 4 saturated heterocycles. The summed E-state index contributed by atoms with van der Waals surface area (Å²) in [7, 11) is 0. The zero-order valence-electron chi connectivity index (χ0n) is 36.2. The first kappa shape index (κ1) is 43.0. The maximum atomic E-state index is 14.5. The highest BCUT2D eigenvalue weighted by atomic mass is 32.2. The molecule has 7 N–H and O–H groups in total. The molecule has 64 heavy (non-hydrogen) atoms. The van der Waals surface area contributed by atoms with Gasteiger partial charge in [-0.15, -0.1) is 0 Å². The Morgan fingerprint density at radius 3 is 2.20 bits per heavy atom. The molecule has 4 aliphatic heterocycles. The van der Waals surface area contributed by atoms with Crippen LogP contribution < -0.4 is 10.6 Å².